The van der Waals surface area contributed by atoms with Crippen LogP contribution in [0.5, 0.6) is 0 Å². The van der Waals surface area contributed by atoms with Crippen molar-refractivity contribution in [1.29, 1.82) is 0 Å². The van der Waals surface area contributed by atoms with E-state index in [2.05, 4.69) is 5.10 Å². The molecule has 0 radical (unpaired) electrons. The van der Waals surface area contributed by atoms with Crippen LogP contribution in [0.4, 0.5) is 13.2 Å². The van der Waals surface area contributed by atoms with Gasteiger partial charge in [-0.3, -0.25) is 4.79 Å². The average Bonchev–Trinajstić information content (AvgIpc) is 2.38. The van der Waals surface area contributed by atoms with E-state index >= 15 is 0 Å². The second-order valence-corrected chi connectivity index (χ2v) is 3.82. The molecule has 0 aliphatic rings. The topological polar surface area (TPSA) is 72.2 Å². The lowest BCUT2D eigenvalue weighted by atomic mass is 10.2. The largest absolute Gasteiger partial charge is 0.476 e. The maximum absolute atomic E-state index is 12.6. The summed E-state index contributed by atoms with van der Waals surface area (Å²) in [4.78, 5) is 22.3. The van der Waals surface area contributed by atoms with E-state index in [1.807, 2.05) is 0 Å². The first-order valence-electron chi connectivity index (χ1n) is 5.30. The van der Waals surface area contributed by atoms with E-state index in [0.29, 0.717) is 4.68 Å². The number of aromatic nitrogens is 2. The highest BCUT2D eigenvalue weighted by atomic mass is 19.4. The molecule has 1 heterocycles. The Morgan fingerprint density at radius 1 is 1.20 bits per heavy atom. The van der Waals surface area contributed by atoms with E-state index < -0.39 is 29.0 Å². The first-order chi connectivity index (χ1) is 9.29. The van der Waals surface area contributed by atoms with Crippen molar-refractivity contribution in [3.8, 4) is 5.69 Å². The molecule has 2 rings (SSSR count). The van der Waals surface area contributed by atoms with Crippen molar-refractivity contribution in [1.82, 2.24) is 9.78 Å². The van der Waals surface area contributed by atoms with Crippen LogP contribution in [-0.4, -0.2) is 20.9 Å². The van der Waals surface area contributed by atoms with Crippen molar-refractivity contribution in [2.45, 2.75) is 6.18 Å². The zero-order valence-corrected chi connectivity index (χ0v) is 9.76. The van der Waals surface area contributed by atoms with Crippen molar-refractivity contribution >= 4 is 5.97 Å². The van der Waals surface area contributed by atoms with Gasteiger partial charge in [-0.1, -0.05) is 6.07 Å². The number of hydrogen-bond donors (Lipinski definition) is 1. The zero-order chi connectivity index (χ0) is 14.9. The number of hydrogen-bond acceptors (Lipinski definition) is 3. The van der Waals surface area contributed by atoms with Gasteiger partial charge < -0.3 is 5.11 Å². The molecule has 0 saturated heterocycles. The summed E-state index contributed by atoms with van der Waals surface area (Å²) < 4.78 is 38.4. The molecule has 0 bridgehead atoms. The molecule has 5 nitrogen and oxygen atoms in total. The fourth-order valence-corrected chi connectivity index (χ4v) is 1.52. The summed E-state index contributed by atoms with van der Waals surface area (Å²) in [6.45, 7) is 0. The minimum absolute atomic E-state index is 0.159. The number of aromatic carboxylic acids is 1. The molecule has 0 aliphatic heterocycles. The van der Waals surface area contributed by atoms with Crippen LogP contribution in [0.2, 0.25) is 0 Å². The first kappa shape index (κ1) is 13.8. The van der Waals surface area contributed by atoms with Gasteiger partial charge in [0.05, 0.1) is 11.3 Å². The van der Waals surface area contributed by atoms with Crippen LogP contribution < -0.4 is 5.56 Å². The summed E-state index contributed by atoms with van der Waals surface area (Å²) in [7, 11) is 0. The predicted molar refractivity (Wildman–Crippen MR) is 61.8 cm³/mol. The molecule has 1 N–H and O–H groups in total. The maximum Gasteiger partial charge on any atom is 0.416 e. The van der Waals surface area contributed by atoms with E-state index in [4.69, 9.17) is 5.11 Å². The fraction of sp³-hybridized carbons (Fsp3) is 0.0833. The quantitative estimate of drug-likeness (QED) is 0.914. The number of nitrogens with zero attached hydrogens (tertiary/aromatic N) is 2. The van der Waals surface area contributed by atoms with Crippen molar-refractivity contribution in [3.05, 3.63) is 58.0 Å². The van der Waals surface area contributed by atoms with E-state index in [0.717, 1.165) is 30.3 Å². The SMILES string of the molecule is O=C(O)c1ccc(=O)n(-c2cccc(C(F)(F)F)c2)n1. The lowest BCUT2D eigenvalue weighted by Gasteiger charge is -2.09. The van der Waals surface area contributed by atoms with Crippen LogP contribution >= 0.6 is 0 Å². The Morgan fingerprint density at radius 2 is 1.90 bits per heavy atom. The molecule has 8 heteroatoms. The molecule has 1 aromatic carbocycles. The van der Waals surface area contributed by atoms with E-state index in [1.165, 1.54) is 6.07 Å². The minimum atomic E-state index is -4.57. The number of alkyl halides is 3. The van der Waals surface area contributed by atoms with Gasteiger partial charge in [-0.05, 0) is 24.3 Å². The molecule has 0 atom stereocenters. The highest BCUT2D eigenvalue weighted by Crippen LogP contribution is 2.29. The van der Waals surface area contributed by atoms with Crippen LogP contribution in [0.3, 0.4) is 0 Å². The molecule has 0 unspecified atom stereocenters. The van der Waals surface area contributed by atoms with Crippen LogP contribution in [0.1, 0.15) is 16.1 Å². The Kier molecular flexibility index (Phi) is 3.31. The van der Waals surface area contributed by atoms with Gasteiger partial charge in [0.15, 0.2) is 5.69 Å². The molecule has 104 valence electrons. The summed E-state index contributed by atoms with van der Waals surface area (Å²) in [5.41, 5.74) is -2.28. The van der Waals surface area contributed by atoms with Crippen molar-refractivity contribution in [3.63, 3.8) is 0 Å². The smallest absolute Gasteiger partial charge is 0.416 e. The molecule has 0 fully saturated rings. The van der Waals surface area contributed by atoms with Gasteiger partial charge >= 0.3 is 12.1 Å². The number of carboxylic acid groups (broad SMARTS) is 1. The minimum Gasteiger partial charge on any atom is -0.476 e. The van der Waals surface area contributed by atoms with Crippen molar-refractivity contribution < 1.29 is 23.1 Å². The average molecular weight is 284 g/mol. The van der Waals surface area contributed by atoms with Gasteiger partial charge in [-0.15, -0.1) is 0 Å². The lowest BCUT2D eigenvalue weighted by Crippen LogP contribution is -2.23. The third kappa shape index (κ3) is 2.68. The fourth-order valence-electron chi connectivity index (χ4n) is 1.52. The molecule has 0 amide bonds. The molecule has 20 heavy (non-hydrogen) atoms. The maximum atomic E-state index is 12.6. The Hall–Kier alpha value is -2.64. The van der Waals surface area contributed by atoms with Gasteiger partial charge in [0.1, 0.15) is 0 Å². The summed E-state index contributed by atoms with van der Waals surface area (Å²) in [5.74, 6) is -1.38. The first-order valence-corrected chi connectivity index (χ1v) is 5.30. The van der Waals surface area contributed by atoms with E-state index in [-0.39, 0.29) is 5.69 Å². The van der Waals surface area contributed by atoms with Crippen LogP contribution in [-0.2, 0) is 6.18 Å². The highest BCUT2D eigenvalue weighted by molar-refractivity contribution is 5.84. The standard InChI is InChI=1S/C12H7F3N2O3/c13-12(14,15)7-2-1-3-8(6-7)17-10(18)5-4-9(16-17)11(19)20/h1-6H,(H,19,20). The summed E-state index contributed by atoms with van der Waals surface area (Å²) in [5, 5.41) is 12.3. The third-order valence-corrected chi connectivity index (χ3v) is 2.44. The highest BCUT2D eigenvalue weighted by Gasteiger charge is 2.30. The Labute approximate surface area is 109 Å². The van der Waals surface area contributed by atoms with Gasteiger partial charge in [0.2, 0.25) is 0 Å². The molecular weight excluding hydrogens is 277 g/mol. The zero-order valence-electron chi connectivity index (χ0n) is 9.76. The Bertz CT molecular complexity index is 722. The molecule has 2 aromatic rings. The lowest BCUT2D eigenvalue weighted by molar-refractivity contribution is -0.137. The van der Waals surface area contributed by atoms with Gasteiger partial charge in [-0.25, -0.2) is 4.79 Å². The number of benzene rings is 1. The second kappa shape index (κ2) is 4.80. The summed E-state index contributed by atoms with van der Waals surface area (Å²) in [6, 6.07) is 5.82. The number of rotatable bonds is 2. The predicted octanol–water partition coefficient (Wildman–Crippen LogP) is 1.95. The van der Waals surface area contributed by atoms with E-state index in [9.17, 15) is 22.8 Å². The Morgan fingerprint density at radius 3 is 2.50 bits per heavy atom. The number of halogens is 3. The molecule has 0 saturated carbocycles. The van der Waals surface area contributed by atoms with Crippen LogP contribution in [0, 0.1) is 0 Å². The third-order valence-electron chi connectivity index (χ3n) is 2.44. The Balaban J connectivity index is 2.60. The monoisotopic (exact) mass is 284 g/mol. The molecule has 0 aliphatic carbocycles. The van der Waals surface area contributed by atoms with Gasteiger partial charge in [0.25, 0.3) is 5.56 Å². The second-order valence-electron chi connectivity index (χ2n) is 3.82. The van der Waals surface area contributed by atoms with Crippen LogP contribution in [0.15, 0.2) is 41.2 Å². The molecule has 0 spiro atoms. The molecular formula is C12H7F3N2O3. The summed E-state index contributed by atoms with van der Waals surface area (Å²) in [6.07, 6.45) is -4.57. The van der Waals surface area contributed by atoms with E-state index in [1.54, 1.807) is 0 Å². The van der Waals surface area contributed by atoms with Crippen molar-refractivity contribution in [2.75, 3.05) is 0 Å². The normalized spacial score (nSPS) is 11.3. The number of carboxylic acids is 1. The number of carbonyl (C=O) groups is 1. The molecule has 1 aromatic heterocycles. The van der Waals surface area contributed by atoms with Gasteiger partial charge in [-0.2, -0.15) is 23.0 Å². The van der Waals surface area contributed by atoms with Crippen LogP contribution in [0.25, 0.3) is 5.69 Å². The van der Waals surface area contributed by atoms with Gasteiger partial charge in [0, 0.05) is 6.07 Å². The van der Waals surface area contributed by atoms with Crippen molar-refractivity contribution in [2.24, 2.45) is 0 Å². The summed E-state index contributed by atoms with van der Waals surface area (Å²) >= 11 is 0.